The van der Waals surface area contributed by atoms with Crippen molar-refractivity contribution in [1.82, 2.24) is 0 Å². The molecular weight excluding hydrogens is 402 g/mol. The van der Waals surface area contributed by atoms with Crippen molar-refractivity contribution in [3.05, 3.63) is 50.2 Å². The van der Waals surface area contributed by atoms with E-state index < -0.39 is 5.97 Å². The highest BCUT2D eigenvalue weighted by atomic mass is 35.5. The number of hydrogen-bond acceptors (Lipinski definition) is 3. The fourth-order valence-corrected chi connectivity index (χ4v) is 4.32. The number of anilines is 1. The van der Waals surface area contributed by atoms with Crippen LogP contribution in [-0.4, -0.2) is 23.7 Å². The summed E-state index contributed by atoms with van der Waals surface area (Å²) in [5, 5.41) is 10.5. The summed E-state index contributed by atoms with van der Waals surface area (Å²) in [6, 6.07) is 8.02. The van der Waals surface area contributed by atoms with Gasteiger partial charge < -0.3 is 10.0 Å². The summed E-state index contributed by atoms with van der Waals surface area (Å²) in [5.74, 6) is 5.67. The predicted octanol–water partition coefficient (Wildman–Crippen LogP) is 6.82. The fourth-order valence-electron chi connectivity index (χ4n) is 3.23. The number of carboxylic acids is 1. The molecule has 0 fully saturated rings. The maximum Gasteiger partial charge on any atom is 0.348 e. The zero-order valence-electron chi connectivity index (χ0n) is 18.3. The molecule has 29 heavy (non-hydrogen) atoms. The van der Waals surface area contributed by atoms with Crippen molar-refractivity contribution >= 4 is 34.6 Å². The van der Waals surface area contributed by atoms with Crippen LogP contribution >= 0.6 is 22.9 Å². The van der Waals surface area contributed by atoms with Crippen LogP contribution in [0.1, 0.15) is 73.1 Å². The van der Waals surface area contributed by atoms with Gasteiger partial charge in [-0.1, -0.05) is 36.4 Å². The Morgan fingerprint density at radius 1 is 1.24 bits per heavy atom. The van der Waals surface area contributed by atoms with Gasteiger partial charge in [-0.05, 0) is 76.8 Å². The highest BCUT2D eigenvalue weighted by Crippen LogP contribution is 2.34. The molecule has 0 aliphatic carbocycles. The van der Waals surface area contributed by atoms with E-state index in [9.17, 15) is 9.90 Å². The van der Waals surface area contributed by atoms with E-state index in [1.54, 1.807) is 0 Å². The Kier molecular flexibility index (Phi) is 7.43. The van der Waals surface area contributed by atoms with Gasteiger partial charge in [-0.3, -0.25) is 0 Å². The van der Waals surface area contributed by atoms with Gasteiger partial charge in [0.15, 0.2) is 0 Å². The minimum Gasteiger partial charge on any atom is -0.477 e. The van der Waals surface area contributed by atoms with Gasteiger partial charge in [0.2, 0.25) is 0 Å². The number of hydrogen-bond donors (Lipinski definition) is 1. The van der Waals surface area contributed by atoms with Gasteiger partial charge in [0.05, 0.1) is 10.6 Å². The van der Waals surface area contributed by atoms with Crippen molar-refractivity contribution in [3.8, 4) is 11.8 Å². The number of benzene rings is 1. The average Bonchev–Trinajstić information content (AvgIpc) is 3.01. The summed E-state index contributed by atoms with van der Waals surface area (Å²) in [7, 11) is 0. The SMILES string of the molecule is Cc1cc(Cl)ccc1C(C)CN(c1cc(C#CC(C)(C)C)sc1C(=O)O)C(C)C. The van der Waals surface area contributed by atoms with E-state index >= 15 is 0 Å². The van der Waals surface area contributed by atoms with Crippen molar-refractivity contribution in [2.45, 2.75) is 60.4 Å². The Bertz CT molecular complexity index is 944. The average molecular weight is 432 g/mol. The molecule has 0 bridgehead atoms. The molecule has 5 heteroatoms. The summed E-state index contributed by atoms with van der Waals surface area (Å²) < 4.78 is 0. The summed E-state index contributed by atoms with van der Waals surface area (Å²) in [6.45, 7) is 15.2. The molecule has 0 amide bonds. The second-order valence-electron chi connectivity index (χ2n) is 8.78. The minimum absolute atomic E-state index is 0.133. The number of rotatable bonds is 6. The van der Waals surface area contributed by atoms with Crippen molar-refractivity contribution in [1.29, 1.82) is 0 Å². The number of carbonyl (C=O) groups is 1. The van der Waals surface area contributed by atoms with Gasteiger partial charge in [0.1, 0.15) is 4.88 Å². The molecule has 1 atom stereocenters. The normalized spacial score (nSPS) is 12.4. The Balaban J connectivity index is 2.42. The molecule has 0 saturated carbocycles. The van der Waals surface area contributed by atoms with E-state index in [2.05, 4.69) is 50.5 Å². The van der Waals surface area contributed by atoms with Gasteiger partial charge in [-0.15, -0.1) is 11.3 Å². The van der Waals surface area contributed by atoms with Gasteiger partial charge in [0, 0.05) is 23.0 Å². The lowest BCUT2D eigenvalue weighted by atomic mass is 9.95. The van der Waals surface area contributed by atoms with Crippen molar-refractivity contribution in [2.24, 2.45) is 5.41 Å². The van der Waals surface area contributed by atoms with Crippen LogP contribution in [0.4, 0.5) is 5.69 Å². The molecule has 2 aromatic rings. The third kappa shape index (κ3) is 6.26. The quantitative estimate of drug-likeness (QED) is 0.510. The highest BCUT2D eigenvalue weighted by Gasteiger charge is 2.24. The smallest absolute Gasteiger partial charge is 0.348 e. The van der Waals surface area contributed by atoms with Crippen molar-refractivity contribution in [2.75, 3.05) is 11.4 Å². The third-order valence-corrected chi connectivity index (χ3v) is 5.90. The van der Waals surface area contributed by atoms with E-state index in [4.69, 9.17) is 11.6 Å². The van der Waals surface area contributed by atoms with Gasteiger partial charge in [0.25, 0.3) is 0 Å². The number of aromatic carboxylic acids is 1. The molecule has 0 aliphatic rings. The minimum atomic E-state index is -0.908. The van der Waals surface area contributed by atoms with Crippen LogP contribution in [-0.2, 0) is 0 Å². The third-order valence-electron chi connectivity index (χ3n) is 4.63. The van der Waals surface area contributed by atoms with Crippen LogP contribution in [0.25, 0.3) is 0 Å². The molecule has 2 rings (SSSR count). The molecule has 156 valence electrons. The Hall–Kier alpha value is -1.96. The molecule has 0 spiro atoms. The summed E-state index contributed by atoms with van der Waals surface area (Å²) in [6.07, 6.45) is 0. The molecule has 1 heterocycles. The lowest BCUT2D eigenvalue weighted by molar-refractivity contribution is 0.0702. The number of carboxylic acid groups (broad SMARTS) is 1. The topological polar surface area (TPSA) is 40.5 Å². The first-order chi connectivity index (χ1) is 13.4. The largest absolute Gasteiger partial charge is 0.477 e. The second-order valence-corrected chi connectivity index (χ2v) is 10.3. The van der Waals surface area contributed by atoms with Gasteiger partial charge in [-0.2, -0.15) is 0 Å². The van der Waals surface area contributed by atoms with Crippen LogP contribution in [0.5, 0.6) is 0 Å². The molecule has 1 N–H and O–H groups in total. The summed E-state index contributed by atoms with van der Waals surface area (Å²) in [4.78, 5) is 15.2. The van der Waals surface area contributed by atoms with Gasteiger partial charge >= 0.3 is 5.97 Å². The predicted molar refractivity (Wildman–Crippen MR) is 125 cm³/mol. The van der Waals surface area contributed by atoms with Crippen molar-refractivity contribution in [3.63, 3.8) is 0 Å². The lowest BCUT2D eigenvalue weighted by Crippen LogP contribution is -2.35. The Labute approximate surface area is 183 Å². The maximum absolute atomic E-state index is 11.9. The van der Waals surface area contributed by atoms with E-state index in [1.165, 1.54) is 16.9 Å². The van der Waals surface area contributed by atoms with E-state index in [1.807, 2.05) is 39.0 Å². The first-order valence-corrected chi connectivity index (χ1v) is 11.0. The summed E-state index contributed by atoms with van der Waals surface area (Å²) in [5.41, 5.74) is 2.98. The van der Waals surface area contributed by atoms with Crippen LogP contribution in [0.3, 0.4) is 0 Å². The Morgan fingerprint density at radius 3 is 2.41 bits per heavy atom. The number of nitrogens with zero attached hydrogens (tertiary/aromatic N) is 1. The van der Waals surface area contributed by atoms with Crippen molar-refractivity contribution < 1.29 is 9.90 Å². The second kappa shape index (κ2) is 9.24. The number of aryl methyl sites for hydroxylation is 1. The van der Waals surface area contributed by atoms with Gasteiger partial charge in [-0.25, -0.2) is 4.79 Å². The maximum atomic E-state index is 11.9. The molecule has 3 nitrogen and oxygen atoms in total. The van der Waals surface area contributed by atoms with E-state index in [-0.39, 0.29) is 17.4 Å². The zero-order valence-corrected chi connectivity index (χ0v) is 19.8. The molecule has 1 unspecified atom stereocenters. The molecule has 1 aromatic heterocycles. The molecule has 1 aromatic carbocycles. The van der Waals surface area contributed by atoms with Crippen LogP contribution in [0.15, 0.2) is 24.3 Å². The molecule has 0 aliphatic heterocycles. The molecule has 0 radical (unpaired) electrons. The molecular formula is C24H30ClNO2S. The Morgan fingerprint density at radius 2 is 1.90 bits per heavy atom. The lowest BCUT2D eigenvalue weighted by Gasteiger charge is -2.32. The first kappa shape index (κ1) is 23.3. The van der Waals surface area contributed by atoms with E-state index in [0.29, 0.717) is 11.4 Å². The fraction of sp³-hybridized carbons (Fsp3) is 0.458. The standard InChI is InChI=1S/C24H30ClNO2S/c1-15(2)26(14-17(4)20-9-8-18(25)12-16(20)3)21-13-19(10-11-24(5,6)7)29-22(21)23(27)28/h8-9,12-13,15,17H,14H2,1-7H3,(H,27,28). The van der Waals surface area contributed by atoms with Crippen LogP contribution in [0, 0.1) is 24.2 Å². The molecule has 0 saturated heterocycles. The number of halogens is 1. The van der Waals surface area contributed by atoms with E-state index in [0.717, 1.165) is 21.2 Å². The van der Waals surface area contributed by atoms with Crippen LogP contribution < -0.4 is 4.90 Å². The monoisotopic (exact) mass is 431 g/mol. The highest BCUT2D eigenvalue weighted by molar-refractivity contribution is 7.15. The zero-order chi connectivity index (χ0) is 21.9. The first-order valence-electron chi connectivity index (χ1n) is 9.82. The number of thiophene rings is 1. The van der Waals surface area contributed by atoms with Crippen LogP contribution in [0.2, 0.25) is 5.02 Å². The summed E-state index contributed by atoms with van der Waals surface area (Å²) >= 11 is 7.36.